The average molecular weight is 452 g/mol. The van der Waals surface area contributed by atoms with Crippen molar-refractivity contribution >= 4 is 28.1 Å². The van der Waals surface area contributed by atoms with E-state index < -0.39 is 22.7 Å². The van der Waals surface area contributed by atoms with Gasteiger partial charge in [0.15, 0.2) is 0 Å². The van der Waals surface area contributed by atoms with Gasteiger partial charge in [-0.3, -0.25) is 4.79 Å². The third-order valence-corrected chi connectivity index (χ3v) is 5.53. The molecule has 0 unspecified atom stereocenters. The zero-order chi connectivity index (χ0) is 23.0. The lowest BCUT2D eigenvalue weighted by atomic mass is 10.1. The van der Waals surface area contributed by atoms with Crippen LogP contribution in [0.15, 0.2) is 40.8 Å². The Kier molecular flexibility index (Phi) is 8.08. The zero-order valence-corrected chi connectivity index (χ0v) is 18.4. The normalized spacial score (nSPS) is 11.2. The third-order valence-electron chi connectivity index (χ3n) is 4.23. The highest BCUT2D eigenvalue weighted by molar-refractivity contribution is 7.91. The summed E-state index contributed by atoms with van der Waals surface area (Å²) < 4.78 is 51.1. The summed E-state index contributed by atoms with van der Waals surface area (Å²) in [7, 11) is 1.38. The van der Waals surface area contributed by atoms with Gasteiger partial charge in [-0.25, -0.2) is 4.31 Å². The Labute approximate surface area is 180 Å². The van der Waals surface area contributed by atoms with Crippen molar-refractivity contribution in [2.75, 3.05) is 39.3 Å². The van der Waals surface area contributed by atoms with Crippen LogP contribution in [-0.2, 0) is 21.4 Å². The molecule has 31 heavy (non-hydrogen) atoms. The molecule has 0 fully saturated rings. The largest absolute Gasteiger partial charge is 0.496 e. The molecule has 0 aliphatic heterocycles. The Hall–Kier alpha value is -3.47. The van der Waals surface area contributed by atoms with Gasteiger partial charge in [-0.05, 0) is 12.1 Å². The standard InChI is InChI=1S/C20H24N2O8S/c1-27-14-11-18(29-3)15(19(12-14)30-4)9-10-21-31(25,26)22(13-20(23)24)16-7-5-6-8-17(16)28-2/h5-8,10-12H,9,13H2,1-4H3,(H,23,24). The summed E-state index contributed by atoms with van der Waals surface area (Å²) in [5.74, 6) is 0.203. The molecule has 2 aromatic carbocycles. The van der Waals surface area contributed by atoms with Crippen LogP contribution in [0.3, 0.4) is 0 Å². The van der Waals surface area contributed by atoms with E-state index in [4.69, 9.17) is 18.9 Å². The van der Waals surface area contributed by atoms with Crippen LogP contribution in [0.2, 0.25) is 0 Å². The third kappa shape index (κ3) is 5.79. The summed E-state index contributed by atoms with van der Waals surface area (Å²) in [5, 5.41) is 9.22. The molecule has 0 atom stereocenters. The monoisotopic (exact) mass is 452 g/mol. The number of hydrogen-bond donors (Lipinski definition) is 1. The molecule has 168 valence electrons. The van der Waals surface area contributed by atoms with Crippen molar-refractivity contribution in [3.05, 3.63) is 42.0 Å². The van der Waals surface area contributed by atoms with E-state index in [1.54, 1.807) is 24.3 Å². The molecule has 0 aromatic heterocycles. The van der Waals surface area contributed by atoms with Crippen molar-refractivity contribution in [1.82, 2.24) is 0 Å². The Bertz CT molecular complexity index is 1030. The number of para-hydroxylation sites is 2. The quantitative estimate of drug-likeness (QED) is 0.515. The average Bonchev–Trinajstić information content (AvgIpc) is 2.76. The zero-order valence-electron chi connectivity index (χ0n) is 17.6. The number of benzene rings is 2. The number of ether oxygens (including phenoxy) is 4. The summed E-state index contributed by atoms with van der Waals surface area (Å²) in [6.07, 6.45) is 1.19. The van der Waals surface area contributed by atoms with Gasteiger partial charge in [0.05, 0.1) is 34.1 Å². The fraction of sp³-hybridized carbons (Fsp3) is 0.300. The lowest BCUT2D eigenvalue weighted by Gasteiger charge is -2.21. The molecule has 0 aliphatic rings. The van der Waals surface area contributed by atoms with Crippen molar-refractivity contribution < 1.29 is 37.3 Å². The van der Waals surface area contributed by atoms with Gasteiger partial charge in [-0.15, -0.1) is 0 Å². The summed E-state index contributed by atoms with van der Waals surface area (Å²) in [5.41, 5.74) is 0.607. The first-order valence-electron chi connectivity index (χ1n) is 8.97. The number of carboxylic acid groups (broad SMARTS) is 1. The highest BCUT2D eigenvalue weighted by atomic mass is 32.2. The molecule has 0 saturated carbocycles. The second-order valence-electron chi connectivity index (χ2n) is 6.05. The molecule has 0 spiro atoms. The minimum Gasteiger partial charge on any atom is -0.496 e. The Balaban J connectivity index is 2.40. The minimum absolute atomic E-state index is 0.0441. The predicted molar refractivity (Wildman–Crippen MR) is 115 cm³/mol. The lowest BCUT2D eigenvalue weighted by molar-refractivity contribution is -0.135. The van der Waals surface area contributed by atoms with Crippen LogP contribution in [-0.4, -0.2) is 60.7 Å². The van der Waals surface area contributed by atoms with Gasteiger partial charge >= 0.3 is 16.2 Å². The van der Waals surface area contributed by atoms with Crippen molar-refractivity contribution in [3.8, 4) is 23.0 Å². The van der Waals surface area contributed by atoms with Gasteiger partial charge in [0.25, 0.3) is 0 Å². The van der Waals surface area contributed by atoms with Gasteiger partial charge in [0.2, 0.25) is 0 Å². The molecule has 0 radical (unpaired) electrons. The number of carboxylic acids is 1. The number of methoxy groups -OCH3 is 4. The first-order valence-corrected chi connectivity index (χ1v) is 10.4. The number of carbonyl (C=O) groups is 1. The minimum atomic E-state index is -4.39. The molecule has 2 aromatic rings. The molecule has 2 rings (SSSR count). The van der Waals surface area contributed by atoms with Gasteiger partial charge < -0.3 is 24.1 Å². The van der Waals surface area contributed by atoms with Crippen LogP contribution < -0.4 is 23.3 Å². The highest BCUT2D eigenvalue weighted by Gasteiger charge is 2.26. The van der Waals surface area contributed by atoms with Crippen LogP contribution in [0.5, 0.6) is 23.0 Å². The first kappa shape index (κ1) is 23.8. The molecule has 0 saturated heterocycles. The summed E-state index contributed by atoms with van der Waals surface area (Å²) >= 11 is 0. The maximum atomic E-state index is 12.9. The Morgan fingerprint density at radius 2 is 1.58 bits per heavy atom. The van der Waals surface area contributed by atoms with Gasteiger partial charge in [0, 0.05) is 30.3 Å². The molecular weight excluding hydrogens is 428 g/mol. The van der Waals surface area contributed by atoms with Gasteiger partial charge in [-0.1, -0.05) is 12.1 Å². The fourth-order valence-electron chi connectivity index (χ4n) is 2.81. The van der Waals surface area contributed by atoms with Gasteiger partial charge in [0.1, 0.15) is 29.5 Å². The van der Waals surface area contributed by atoms with Crippen LogP contribution in [0.25, 0.3) is 0 Å². The topological polar surface area (TPSA) is 124 Å². The number of rotatable bonds is 11. The van der Waals surface area contributed by atoms with Crippen LogP contribution in [0.1, 0.15) is 5.56 Å². The van der Waals surface area contributed by atoms with E-state index in [0.29, 0.717) is 27.1 Å². The maximum Gasteiger partial charge on any atom is 0.345 e. The Morgan fingerprint density at radius 3 is 2.10 bits per heavy atom. The lowest BCUT2D eigenvalue weighted by Crippen LogP contribution is -2.34. The van der Waals surface area contributed by atoms with Crippen molar-refractivity contribution in [2.24, 2.45) is 4.40 Å². The Morgan fingerprint density at radius 1 is 1.00 bits per heavy atom. The molecule has 1 N–H and O–H groups in total. The predicted octanol–water partition coefficient (Wildman–Crippen LogP) is 2.17. The van der Waals surface area contributed by atoms with E-state index in [0.717, 1.165) is 6.21 Å². The van der Waals surface area contributed by atoms with E-state index in [2.05, 4.69) is 4.40 Å². The molecule has 0 amide bonds. The van der Waals surface area contributed by atoms with E-state index in [1.807, 2.05) is 0 Å². The summed E-state index contributed by atoms with van der Waals surface area (Å²) in [4.78, 5) is 11.3. The second-order valence-corrected chi connectivity index (χ2v) is 7.60. The van der Waals surface area contributed by atoms with Gasteiger partial charge in [-0.2, -0.15) is 12.8 Å². The molecular formula is C20H24N2O8S. The van der Waals surface area contributed by atoms with Crippen LogP contribution >= 0.6 is 0 Å². The first-order chi connectivity index (χ1) is 14.8. The molecule has 10 nitrogen and oxygen atoms in total. The molecule has 0 bridgehead atoms. The summed E-state index contributed by atoms with van der Waals surface area (Å²) in [6, 6.07) is 9.43. The van der Waals surface area contributed by atoms with Crippen molar-refractivity contribution in [1.29, 1.82) is 0 Å². The van der Waals surface area contributed by atoms with Crippen molar-refractivity contribution in [2.45, 2.75) is 6.42 Å². The number of aliphatic carboxylic acids is 1. The van der Waals surface area contributed by atoms with E-state index in [9.17, 15) is 18.3 Å². The number of nitrogens with zero attached hydrogens (tertiary/aromatic N) is 2. The van der Waals surface area contributed by atoms with Crippen LogP contribution in [0, 0.1) is 0 Å². The maximum absolute atomic E-state index is 12.9. The molecule has 0 heterocycles. The number of anilines is 1. The SMILES string of the molecule is COc1cc(OC)c(CC=NS(=O)(=O)N(CC(=O)O)c2ccccc2OC)c(OC)c1. The van der Waals surface area contributed by atoms with E-state index in [-0.39, 0.29) is 17.9 Å². The molecule has 0 aliphatic carbocycles. The van der Waals surface area contributed by atoms with E-state index >= 15 is 0 Å². The smallest absolute Gasteiger partial charge is 0.345 e. The van der Waals surface area contributed by atoms with Crippen LogP contribution in [0.4, 0.5) is 5.69 Å². The highest BCUT2D eigenvalue weighted by Crippen LogP contribution is 2.34. The fourth-order valence-corrected chi connectivity index (χ4v) is 3.86. The van der Waals surface area contributed by atoms with E-state index in [1.165, 1.54) is 40.6 Å². The molecule has 11 heteroatoms. The summed E-state index contributed by atoms with van der Waals surface area (Å²) in [6.45, 7) is -0.824. The second kappa shape index (κ2) is 10.5. The van der Waals surface area contributed by atoms with Crippen molar-refractivity contribution in [3.63, 3.8) is 0 Å². The number of hydrogen-bond acceptors (Lipinski definition) is 7.